The highest BCUT2D eigenvalue weighted by Crippen LogP contribution is 2.42. The number of carboxylic acid groups (broad SMARTS) is 1. The molecule has 0 saturated carbocycles. The number of rotatable bonds is 5. The number of benzene rings is 2. The summed E-state index contributed by atoms with van der Waals surface area (Å²) >= 11 is 0. The number of carbonyl (C=O) groups is 1. The number of methoxy groups -OCH3 is 3. The Morgan fingerprint density at radius 3 is 2.27 bits per heavy atom. The van der Waals surface area contributed by atoms with Crippen molar-refractivity contribution in [2.24, 2.45) is 0 Å². The summed E-state index contributed by atoms with van der Waals surface area (Å²) in [5, 5.41) is 21.1. The molecule has 0 aliphatic rings. The predicted octanol–water partition coefficient (Wildman–Crippen LogP) is 3.33. The van der Waals surface area contributed by atoms with Crippen molar-refractivity contribution in [2.45, 2.75) is 0 Å². The van der Waals surface area contributed by atoms with E-state index >= 15 is 0 Å². The molecule has 3 aromatic rings. The number of hydrogen-bond acceptors (Lipinski definition) is 6. The Morgan fingerprint density at radius 2 is 1.65 bits per heavy atom. The lowest BCUT2D eigenvalue weighted by Gasteiger charge is -2.13. The van der Waals surface area contributed by atoms with Crippen molar-refractivity contribution < 1.29 is 29.2 Å². The molecule has 1 aromatic heterocycles. The molecule has 7 heteroatoms. The van der Waals surface area contributed by atoms with Crippen LogP contribution >= 0.6 is 0 Å². The van der Waals surface area contributed by atoms with Crippen molar-refractivity contribution >= 4 is 16.7 Å². The van der Waals surface area contributed by atoms with E-state index in [-0.39, 0.29) is 22.8 Å². The van der Waals surface area contributed by atoms with Gasteiger partial charge in [-0.25, -0.2) is 4.79 Å². The Hall–Kier alpha value is -3.48. The summed E-state index contributed by atoms with van der Waals surface area (Å²) in [6, 6.07) is 7.95. The van der Waals surface area contributed by atoms with Gasteiger partial charge in [0.25, 0.3) is 0 Å². The summed E-state index contributed by atoms with van der Waals surface area (Å²) < 4.78 is 15.7. The van der Waals surface area contributed by atoms with Crippen LogP contribution < -0.4 is 14.2 Å². The highest BCUT2D eigenvalue weighted by atomic mass is 16.5. The molecule has 7 nitrogen and oxygen atoms in total. The second-order valence-corrected chi connectivity index (χ2v) is 5.44. The number of pyridine rings is 1. The molecule has 0 aliphatic carbocycles. The number of nitrogens with zero attached hydrogens (tertiary/aromatic N) is 1. The van der Waals surface area contributed by atoms with Gasteiger partial charge in [0.2, 0.25) is 0 Å². The quantitative estimate of drug-likeness (QED) is 0.724. The third-order valence-electron chi connectivity index (χ3n) is 4.09. The zero-order valence-electron chi connectivity index (χ0n) is 14.4. The lowest BCUT2D eigenvalue weighted by molar-refractivity contribution is 0.0693. The molecule has 3 rings (SSSR count). The van der Waals surface area contributed by atoms with Gasteiger partial charge in [-0.2, -0.15) is 0 Å². The monoisotopic (exact) mass is 355 g/mol. The van der Waals surface area contributed by atoms with Gasteiger partial charge in [-0.15, -0.1) is 0 Å². The number of aromatic hydroxyl groups is 1. The average molecular weight is 355 g/mol. The highest BCUT2D eigenvalue weighted by molar-refractivity contribution is 5.99. The van der Waals surface area contributed by atoms with Crippen LogP contribution in [0.1, 0.15) is 10.4 Å². The summed E-state index contributed by atoms with van der Waals surface area (Å²) in [5.74, 6) is 0.000134. The number of hydrogen-bond donors (Lipinski definition) is 2. The summed E-state index contributed by atoms with van der Waals surface area (Å²) in [7, 11) is 4.42. The Morgan fingerprint density at radius 1 is 0.962 bits per heavy atom. The highest BCUT2D eigenvalue weighted by Gasteiger charge is 2.18. The van der Waals surface area contributed by atoms with E-state index in [0.717, 1.165) is 0 Å². The number of ether oxygens (including phenoxy) is 3. The molecule has 0 atom stereocenters. The van der Waals surface area contributed by atoms with Gasteiger partial charge in [-0.1, -0.05) is 0 Å². The molecule has 0 saturated heterocycles. The van der Waals surface area contributed by atoms with Crippen LogP contribution in [-0.4, -0.2) is 42.5 Å². The maximum atomic E-state index is 11.4. The first-order valence-corrected chi connectivity index (χ1v) is 7.66. The molecule has 0 radical (unpaired) electrons. The van der Waals surface area contributed by atoms with E-state index in [9.17, 15) is 15.0 Å². The summed E-state index contributed by atoms with van der Waals surface area (Å²) in [6.07, 6.45) is 1.55. The van der Waals surface area contributed by atoms with E-state index in [2.05, 4.69) is 4.98 Å². The van der Waals surface area contributed by atoms with Gasteiger partial charge >= 0.3 is 5.97 Å². The lowest BCUT2D eigenvalue weighted by atomic mass is 10.0. The van der Waals surface area contributed by atoms with Crippen LogP contribution in [0.4, 0.5) is 0 Å². The van der Waals surface area contributed by atoms with Crippen LogP contribution in [-0.2, 0) is 0 Å². The fourth-order valence-corrected chi connectivity index (χ4v) is 2.84. The van der Waals surface area contributed by atoms with Gasteiger partial charge in [0.15, 0.2) is 11.5 Å². The first kappa shape index (κ1) is 17.3. The molecule has 0 amide bonds. The molecule has 26 heavy (non-hydrogen) atoms. The third-order valence-corrected chi connectivity index (χ3v) is 4.09. The van der Waals surface area contributed by atoms with Crippen LogP contribution in [0.15, 0.2) is 36.5 Å². The molecular weight excluding hydrogens is 338 g/mol. The predicted molar refractivity (Wildman–Crippen MR) is 95.5 cm³/mol. The minimum Gasteiger partial charge on any atom is -0.505 e. The summed E-state index contributed by atoms with van der Waals surface area (Å²) in [6.45, 7) is 0. The molecule has 2 N–H and O–H groups in total. The van der Waals surface area contributed by atoms with E-state index in [1.165, 1.54) is 33.5 Å². The van der Waals surface area contributed by atoms with E-state index in [1.807, 2.05) is 0 Å². The molecule has 1 heterocycles. The van der Waals surface area contributed by atoms with Gasteiger partial charge in [0.1, 0.15) is 22.8 Å². The molecule has 0 fully saturated rings. The molecular formula is C19H17NO6. The van der Waals surface area contributed by atoms with Gasteiger partial charge < -0.3 is 24.4 Å². The maximum absolute atomic E-state index is 11.4. The van der Waals surface area contributed by atoms with E-state index in [1.54, 1.807) is 24.4 Å². The lowest BCUT2D eigenvalue weighted by Crippen LogP contribution is -2.01. The first-order valence-electron chi connectivity index (χ1n) is 7.66. The minimum atomic E-state index is -1.13. The smallest absolute Gasteiger partial charge is 0.339 e. The summed E-state index contributed by atoms with van der Waals surface area (Å²) in [5.41, 5.74) is 0.700. The number of fused-ring (bicyclic) bond motifs is 1. The molecule has 2 aromatic carbocycles. The minimum absolute atomic E-state index is 0.0152. The SMILES string of the molecule is COc1ccc(-c2ncc3c(OC)c(OC)ccc3c2O)cc1C(=O)O. The fraction of sp³-hybridized carbons (Fsp3) is 0.158. The van der Waals surface area contributed by atoms with E-state index < -0.39 is 5.97 Å². The first-order chi connectivity index (χ1) is 12.5. The molecule has 0 unspecified atom stereocenters. The van der Waals surface area contributed by atoms with Crippen LogP contribution in [0.5, 0.6) is 23.0 Å². The average Bonchev–Trinajstić information content (AvgIpc) is 2.66. The van der Waals surface area contributed by atoms with E-state index in [0.29, 0.717) is 27.8 Å². The van der Waals surface area contributed by atoms with Crippen LogP contribution in [0, 0.1) is 0 Å². The normalized spacial score (nSPS) is 10.6. The van der Waals surface area contributed by atoms with Crippen LogP contribution in [0.25, 0.3) is 22.0 Å². The van der Waals surface area contributed by atoms with Crippen LogP contribution in [0.2, 0.25) is 0 Å². The second-order valence-electron chi connectivity index (χ2n) is 5.44. The van der Waals surface area contributed by atoms with Crippen molar-refractivity contribution in [1.29, 1.82) is 0 Å². The number of aromatic carboxylic acids is 1. The van der Waals surface area contributed by atoms with Gasteiger partial charge in [-0.05, 0) is 30.3 Å². The second kappa shape index (κ2) is 6.79. The fourth-order valence-electron chi connectivity index (χ4n) is 2.84. The summed E-state index contributed by atoms with van der Waals surface area (Å²) in [4.78, 5) is 15.7. The molecule has 134 valence electrons. The standard InChI is InChI=1S/C19H17NO6/c1-24-14-6-4-10(8-12(14)19(22)23)16-17(21)11-5-7-15(25-2)18(26-3)13(11)9-20-16/h4-9,21H,1-3H3,(H,22,23). The topological polar surface area (TPSA) is 98.1 Å². The Kier molecular flexibility index (Phi) is 4.53. The van der Waals surface area contributed by atoms with Crippen molar-refractivity contribution in [3.63, 3.8) is 0 Å². The maximum Gasteiger partial charge on any atom is 0.339 e. The molecule has 0 bridgehead atoms. The van der Waals surface area contributed by atoms with Crippen molar-refractivity contribution in [2.75, 3.05) is 21.3 Å². The molecule has 0 aliphatic heterocycles. The number of aromatic nitrogens is 1. The zero-order chi connectivity index (χ0) is 18.8. The Bertz CT molecular complexity index is 999. The van der Waals surface area contributed by atoms with Crippen molar-refractivity contribution in [1.82, 2.24) is 4.98 Å². The zero-order valence-corrected chi connectivity index (χ0v) is 14.4. The van der Waals surface area contributed by atoms with Crippen LogP contribution in [0.3, 0.4) is 0 Å². The number of carboxylic acids is 1. The Labute approximate surface area is 149 Å². The Balaban J connectivity index is 2.23. The van der Waals surface area contributed by atoms with Gasteiger partial charge in [0.05, 0.1) is 21.3 Å². The van der Waals surface area contributed by atoms with E-state index in [4.69, 9.17) is 14.2 Å². The van der Waals surface area contributed by atoms with Gasteiger partial charge in [0, 0.05) is 22.5 Å². The largest absolute Gasteiger partial charge is 0.505 e. The third kappa shape index (κ3) is 2.73. The molecule has 0 spiro atoms. The van der Waals surface area contributed by atoms with Crippen molar-refractivity contribution in [3.05, 3.63) is 42.1 Å². The van der Waals surface area contributed by atoms with Gasteiger partial charge in [-0.3, -0.25) is 4.98 Å². The van der Waals surface area contributed by atoms with Crippen molar-refractivity contribution in [3.8, 4) is 34.3 Å².